The van der Waals surface area contributed by atoms with Crippen molar-refractivity contribution in [2.24, 2.45) is 0 Å². The Balaban J connectivity index is 2.58. The highest BCUT2D eigenvalue weighted by atomic mass is 14.9. The smallest absolute Gasteiger partial charge is 0.0884 e. The molecule has 0 aliphatic rings. The monoisotopic (exact) mass is 158 g/mol. The summed E-state index contributed by atoms with van der Waals surface area (Å²) in [7, 11) is 0. The minimum atomic E-state index is 0.0346. The van der Waals surface area contributed by atoms with Gasteiger partial charge in [0.25, 0.3) is 0 Å². The Kier molecular flexibility index (Phi) is 3.22. The van der Waals surface area contributed by atoms with Gasteiger partial charge in [0.1, 0.15) is 0 Å². The Morgan fingerprint density at radius 2 is 2.08 bits per heavy atom. The van der Waals surface area contributed by atoms with Crippen molar-refractivity contribution in [3.05, 3.63) is 36.8 Å². The maximum atomic E-state index is 7.00. The zero-order chi connectivity index (χ0) is 8.81. The molecule has 0 heterocycles. The van der Waals surface area contributed by atoms with Crippen LogP contribution in [0.4, 0.5) is 5.69 Å². The predicted octanol–water partition coefficient (Wildman–Crippen LogP) is 2.47. The topological polar surface area (TPSA) is 12.0 Å². The van der Waals surface area contributed by atoms with Gasteiger partial charge in [0.15, 0.2) is 0 Å². The van der Waals surface area contributed by atoms with Gasteiger partial charge >= 0.3 is 0 Å². The number of anilines is 1. The lowest BCUT2D eigenvalue weighted by atomic mass is 10.2. The molecule has 1 radical (unpaired) electrons. The molecule has 0 aromatic heterocycles. The summed E-state index contributed by atoms with van der Waals surface area (Å²) in [6, 6.07) is 9.92. The molecule has 1 nitrogen and oxygen atoms in total. The summed E-state index contributed by atoms with van der Waals surface area (Å²) in [5, 5.41) is 3.18. The second-order valence-electron chi connectivity index (χ2n) is 2.62. The summed E-state index contributed by atoms with van der Waals surface area (Å²) in [4.78, 5) is 0. The minimum absolute atomic E-state index is 0.0346. The van der Waals surface area contributed by atoms with E-state index in [4.69, 9.17) is 6.42 Å². The van der Waals surface area contributed by atoms with E-state index >= 15 is 0 Å². The zero-order valence-electron chi connectivity index (χ0n) is 7.17. The van der Waals surface area contributed by atoms with Gasteiger partial charge in [-0.3, -0.25) is 0 Å². The highest BCUT2D eigenvalue weighted by molar-refractivity contribution is 5.44. The van der Waals surface area contributed by atoms with Crippen LogP contribution in [0.25, 0.3) is 0 Å². The van der Waals surface area contributed by atoms with Crippen molar-refractivity contribution in [2.45, 2.75) is 19.4 Å². The summed E-state index contributed by atoms with van der Waals surface area (Å²) < 4.78 is 0. The Bertz CT molecular complexity index is 258. The van der Waals surface area contributed by atoms with E-state index in [9.17, 15) is 0 Å². The van der Waals surface area contributed by atoms with E-state index in [1.54, 1.807) is 0 Å². The van der Waals surface area contributed by atoms with Crippen LogP contribution in [0.3, 0.4) is 0 Å². The number of rotatable bonds is 3. The van der Waals surface area contributed by atoms with Crippen LogP contribution in [-0.2, 0) is 0 Å². The standard InChI is InChI=1S/C11H12N/c1-3-10(4-2)12-11-8-6-5-7-9-11/h5-10,12H,3H2,1H3. The minimum Gasteiger partial charge on any atom is -0.372 e. The van der Waals surface area contributed by atoms with Gasteiger partial charge in [-0.2, -0.15) is 0 Å². The molecule has 1 aromatic rings. The third-order valence-corrected chi connectivity index (χ3v) is 1.70. The van der Waals surface area contributed by atoms with Gasteiger partial charge in [-0.15, -0.1) is 0 Å². The first-order chi connectivity index (χ1) is 5.86. The van der Waals surface area contributed by atoms with Crippen molar-refractivity contribution in [1.29, 1.82) is 0 Å². The third-order valence-electron chi connectivity index (χ3n) is 1.70. The van der Waals surface area contributed by atoms with Crippen molar-refractivity contribution >= 4 is 5.69 Å². The first kappa shape index (κ1) is 8.67. The van der Waals surface area contributed by atoms with Crippen LogP contribution >= 0.6 is 0 Å². The molecule has 0 bridgehead atoms. The van der Waals surface area contributed by atoms with Gasteiger partial charge in [-0.05, 0) is 25.0 Å². The molecule has 1 rings (SSSR count). The summed E-state index contributed by atoms with van der Waals surface area (Å²) in [6.45, 7) is 2.03. The Hall–Kier alpha value is -1.42. The van der Waals surface area contributed by atoms with Gasteiger partial charge in [0, 0.05) is 5.69 Å². The lowest BCUT2D eigenvalue weighted by molar-refractivity contribution is 0.856. The molecular formula is C11H12N. The second-order valence-corrected chi connectivity index (χ2v) is 2.62. The molecule has 1 heteroatoms. The van der Waals surface area contributed by atoms with Crippen molar-refractivity contribution in [2.75, 3.05) is 5.32 Å². The van der Waals surface area contributed by atoms with E-state index in [1.807, 2.05) is 37.3 Å². The van der Waals surface area contributed by atoms with E-state index in [0.29, 0.717) is 0 Å². The SMILES string of the molecule is [C]#CC(CC)Nc1ccccc1. The molecule has 0 aliphatic heterocycles. The van der Waals surface area contributed by atoms with Crippen LogP contribution < -0.4 is 5.32 Å². The number of hydrogen-bond donors (Lipinski definition) is 1. The Labute approximate surface area is 73.8 Å². The summed E-state index contributed by atoms with van der Waals surface area (Å²) in [6.07, 6.45) is 7.88. The molecule has 0 saturated carbocycles. The Morgan fingerprint density at radius 1 is 1.42 bits per heavy atom. The molecule has 0 aliphatic carbocycles. The molecule has 12 heavy (non-hydrogen) atoms. The molecule has 61 valence electrons. The normalized spacial score (nSPS) is 11.7. The van der Waals surface area contributed by atoms with Crippen molar-refractivity contribution in [3.63, 3.8) is 0 Å². The average molecular weight is 158 g/mol. The molecule has 1 aromatic carbocycles. The molecule has 1 atom stereocenters. The molecule has 1 unspecified atom stereocenters. The van der Waals surface area contributed by atoms with E-state index in [2.05, 4.69) is 11.2 Å². The maximum absolute atomic E-state index is 7.00. The predicted molar refractivity (Wildman–Crippen MR) is 51.3 cm³/mol. The zero-order valence-corrected chi connectivity index (χ0v) is 7.17. The van der Waals surface area contributed by atoms with Gasteiger partial charge < -0.3 is 5.32 Å². The Morgan fingerprint density at radius 3 is 2.58 bits per heavy atom. The van der Waals surface area contributed by atoms with Crippen molar-refractivity contribution < 1.29 is 0 Å². The van der Waals surface area contributed by atoms with Crippen LogP contribution in [0.2, 0.25) is 0 Å². The molecular weight excluding hydrogens is 146 g/mol. The van der Waals surface area contributed by atoms with Crippen LogP contribution in [0.1, 0.15) is 13.3 Å². The number of benzene rings is 1. The highest BCUT2D eigenvalue weighted by Crippen LogP contribution is 2.07. The average Bonchev–Trinajstić information content (AvgIpc) is 2.16. The largest absolute Gasteiger partial charge is 0.372 e. The van der Waals surface area contributed by atoms with Crippen LogP contribution in [0.5, 0.6) is 0 Å². The van der Waals surface area contributed by atoms with Crippen LogP contribution in [0, 0.1) is 12.3 Å². The van der Waals surface area contributed by atoms with Gasteiger partial charge in [-0.25, -0.2) is 0 Å². The molecule has 0 spiro atoms. The fourth-order valence-electron chi connectivity index (χ4n) is 0.976. The fourth-order valence-corrected chi connectivity index (χ4v) is 0.976. The first-order valence-electron chi connectivity index (χ1n) is 4.10. The fraction of sp³-hybridized carbons (Fsp3) is 0.273. The first-order valence-corrected chi connectivity index (χ1v) is 4.10. The number of para-hydroxylation sites is 1. The maximum Gasteiger partial charge on any atom is 0.0884 e. The summed E-state index contributed by atoms with van der Waals surface area (Å²) in [5.41, 5.74) is 1.05. The second kappa shape index (κ2) is 4.46. The summed E-state index contributed by atoms with van der Waals surface area (Å²) in [5.74, 6) is 2.44. The lowest BCUT2D eigenvalue weighted by Crippen LogP contribution is -2.15. The van der Waals surface area contributed by atoms with E-state index in [-0.39, 0.29) is 6.04 Å². The van der Waals surface area contributed by atoms with Gasteiger partial charge in [-0.1, -0.05) is 31.0 Å². The van der Waals surface area contributed by atoms with Gasteiger partial charge in [0.05, 0.1) is 6.04 Å². The molecule has 1 N–H and O–H groups in total. The van der Waals surface area contributed by atoms with E-state index in [0.717, 1.165) is 12.1 Å². The molecule has 0 amide bonds. The van der Waals surface area contributed by atoms with Crippen molar-refractivity contribution in [1.82, 2.24) is 0 Å². The van der Waals surface area contributed by atoms with Gasteiger partial charge in [0.2, 0.25) is 0 Å². The number of hydrogen-bond acceptors (Lipinski definition) is 1. The quantitative estimate of drug-likeness (QED) is 0.666. The number of nitrogens with one attached hydrogen (secondary N) is 1. The molecule has 0 fully saturated rings. The highest BCUT2D eigenvalue weighted by Gasteiger charge is 1.99. The van der Waals surface area contributed by atoms with Crippen LogP contribution in [-0.4, -0.2) is 6.04 Å². The lowest BCUT2D eigenvalue weighted by Gasteiger charge is -2.10. The molecule has 0 saturated heterocycles. The third kappa shape index (κ3) is 2.32. The summed E-state index contributed by atoms with van der Waals surface area (Å²) >= 11 is 0. The van der Waals surface area contributed by atoms with E-state index in [1.165, 1.54) is 0 Å². The van der Waals surface area contributed by atoms with Crippen molar-refractivity contribution in [3.8, 4) is 5.92 Å². The van der Waals surface area contributed by atoms with E-state index < -0.39 is 0 Å². The van der Waals surface area contributed by atoms with Crippen LogP contribution in [0.15, 0.2) is 30.3 Å².